The first-order chi connectivity index (χ1) is 13.3. The molecule has 0 unspecified atom stereocenters. The monoisotopic (exact) mass is 362 g/mol. The molecule has 4 aliphatic heterocycles. The number of hydrogen-bond donors (Lipinski definition) is 0. The van der Waals surface area contributed by atoms with Crippen LogP contribution in [0.15, 0.2) is 54.6 Å². The molecule has 0 spiro atoms. The van der Waals surface area contributed by atoms with E-state index in [1.807, 2.05) is 0 Å². The Morgan fingerprint density at radius 3 is 2.48 bits per heavy atom. The van der Waals surface area contributed by atoms with Gasteiger partial charge in [0.1, 0.15) is 5.69 Å². The van der Waals surface area contributed by atoms with E-state index in [1.54, 1.807) is 5.92 Å². The quantitative estimate of drug-likeness (QED) is 0.766. The molecule has 4 aliphatic rings. The molecule has 4 fully saturated rings. The lowest BCUT2D eigenvalue weighted by Crippen LogP contribution is -2.62. The van der Waals surface area contributed by atoms with Gasteiger partial charge in [-0.25, -0.2) is 0 Å². The smallest absolute Gasteiger partial charge is 0.132 e. The molecule has 4 heterocycles. The third-order valence-corrected chi connectivity index (χ3v) is 6.89. The standard InChI is InChI=1S/C24H30N2O/c1-2-7-23(8-3-1)26-13-9-21(10-14-26)24(19-26)22-6-4-5-20(17-22)18-25-11-15-27-16-12-25/h1-8,17,21H,9-16,18-19H2/q+1. The van der Waals surface area contributed by atoms with Gasteiger partial charge in [-0.3, -0.25) is 9.38 Å². The largest absolute Gasteiger partial charge is 0.379 e. The summed E-state index contributed by atoms with van der Waals surface area (Å²) in [6, 6.07) is 20.6. The van der Waals surface area contributed by atoms with Crippen LogP contribution in [-0.2, 0) is 11.3 Å². The molecule has 6 rings (SSSR count). The van der Waals surface area contributed by atoms with Crippen molar-refractivity contribution >= 4 is 5.69 Å². The number of piperidine rings is 3. The van der Waals surface area contributed by atoms with Gasteiger partial charge < -0.3 is 4.74 Å². The summed E-state index contributed by atoms with van der Waals surface area (Å²) in [7, 11) is 0. The van der Waals surface area contributed by atoms with Crippen molar-refractivity contribution < 1.29 is 4.74 Å². The van der Waals surface area contributed by atoms with Crippen molar-refractivity contribution in [2.45, 2.75) is 19.4 Å². The summed E-state index contributed by atoms with van der Waals surface area (Å²) in [6.07, 6.45) is 2.66. The molecule has 0 atom stereocenters. The number of rotatable bonds is 4. The zero-order valence-corrected chi connectivity index (χ0v) is 16.1. The van der Waals surface area contributed by atoms with Gasteiger partial charge in [0, 0.05) is 32.5 Å². The minimum atomic E-state index is 0.785. The van der Waals surface area contributed by atoms with Crippen LogP contribution in [0, 0.1) is 11.8 Å². The summed E-state index contributed by atoms with van der Waals surface area (Å²) in [6.45, 7) is 8.68. The summed E-state index contributed by atoms with van der Waals surface area (Å²) in [5.74, 6) is 2.48. The van der Waals surface area contributed by atoms with E-state index in [1.165, 1.54) is 49.3 Å². The molecule has 0 N–H and O–H groups in total. The van der Waals surface area contributed by atoms with Crippen LogP contribution in [0.25, 0.3) is 0 Å². The van der Waals surface area contributed by atoms with E-state index in [0.717, 1.165) is 43.2 Å². The van der Waals surface area contributed by atoms with E-state index >= 15 is 0 Å². The zero-order valence-electron chi connectivity index (χ0n) is 16.1. The van der Waals surface area contributed by atoms with Gasteiger partial charge in [0.25, 0.3) is 0 Å². The van der Waals surface area contributed by atoms with Crippen molar-refractivity contribution in [3.63, 3.8) is 0 Å². The maximum absolute atomic E-state index is 5.50. The van der Waals surface area contributed by atoms with Crippen molar-refractivity contribution in [2.24, 2.45) is 5.92 Å². The highest BCUT2D eigenvalue weighted by Crippen LogP contribution is 2.45. The molecule has 0 saturated carbocycles. The summed E-state index contributed by atoms with van der Waals surface area (Å²) in [5.41, 5.74) is 4.44. The molecule has 0 aromatic heterocycles. The fourth-order valence-electron chi connectivity index (χ4n) is 5.33. The molecule has 141 valence electrons. The van der Waals surface area contributed by atoms with Gasteiger partial charge in [0.15, 0.2) is 0 Å². The number of nitrogens with zero attached hydrogens (tertiary/aromatic N) is 2. The fourth-order valence-corrected chi connectivity index (χ4v) is 5.33. The lowest BCUT2D eigenvalue weighted by Gasteiger charge is -2.52. The number of quaternary nitrogens is 1. The Morgan fingerprint density at radius 1 is 0.926 bits per heavy atom. The predicted molar refractivity (Wildman–Crippen MR) is 110 cm³/mol. The van der Waals surface area contributed by atoms with Crippen molar-refractivity contribution in [2.75, 3.05) is 45.9 Å². The lowest BCUT2D eigenvalue weighted by atomic mass is 9.73. The molecule has 4 saturated heterocycles. The fraction of sp³-hybridized carbons (Fsp3) is 0.458. The molecule has 27 heavy (non-hydrogen) atoms. The van der Waals surface area contributed by atoms with Crippen LogP contribution >= 0.6 is 0 Å². The SMILES string of the molecule is c1ccc([N+]23CCC(CC2)[C](c2cccc(CN4CCOCC4)c2)C3)cc1. The maximum atomic E-state index is 5.50. The van der Waals surface area contributed by atoms with E-state index in [-0.39, 0.29) is 0 Å². The molecule has 0 amide bonds. The Balaban J connectivity index is 1.37. The Kier molecular flexibility index (Phi) is 4.76. The van der Waals surface area contributed by atoms with E-state index in [9.17, 15) is 0 Å². The number of ether oxygens (including phenoxy) is 1. The van der Waals surface area contributed by atoms with E-state index in [4.69, 9.17) is 4.74 Å². The second kappa shape index (κ2) is 7.38. The predicted octanol–water partition coefficient (Wildman–Crippen LogP) is 3.87. The van der Waals surface area contributed by atoms with Gasteiger partial charge in [-0.1, -0.05) is 42.5 Å². The highest BCUT2D eigenvalue weighted by atomic mass is 16.5. The van der Waals surface area contributed by atoms with E-state index < -0.39 is 0 Å². The molecular weight excluding hydrogens is 332 g/mol. The van der Waals surface area contributed by atoms with Crippen LogP contribution in [0.4, 0.5) is 5.69 Å². The second-order valence-corrected chi connectivity index (χ2v) is 8.47. The minimum Gasteiger partial charge on any atom is -0.379 e. The Labute approximate surface area is 163 Å². The Morgan fingerprint density at radius 2 is 1.70 bits per heavy atom. The van der Waals surface area contributed by atoms with Crippen molar-refractivity contribution in [3.8, 4) is 0 Å². The van der Waals surface area contributed by atoms with Crippen molar-refractivity contribution in [1.82, 2.24) is 9.38 Å². The van der Waals surface area contributed by atoms with Crippen LogP contribution in [0.3, 0.4) is 0 Å². The van der Waals surface area contributed by atoms with Crippen LogP contribution < -0.4 is 4.48 Å². The van der Waals surface area contributed by atoms with Gasteiger partial charge in [0.05, 0.1) is 38.8 Å². The average molecular weight is 363 g/mol. The van der Waals surface area contributed by atoms with Gasteiger partial charge in [-0.05, 0) is 29.2 Å². The first kappa shape index (κ1) is 17.4. The van der Waals surface area contributed by atoms with Crippen molar-refractivity contribution in [1.29, 1.82) is 0 Å². The van der Waals surface area contributed by atoms with Crippen molar-refractivity contribution in [3.05, 3.63) is 71.6 Å². The number of fused-ring (bicyclic) bond motifs is 3. The van der Waals surface area contributed by atoms with E-state index in [0.29, 0.717) is 0 Å². The molecular formula is C24H30N2O+. The second-order valence-electron chi connectivity index (χ2n) is 8.47. The summed E-state index contributed by atoms with van der Waals surface area (Å²) >= 11 is 0. The van der Waals surface area contributed by atoms with Gasteiger partial charge in [-0.15, -0.1) is 0 Å². The molecule has 3 nitrogen and oxygen atoms in total. The third kappa shape index (κ3) is 3.44. The van der Waals surface area contributed by atoms with Gasteiger partial charge >= 0.3 is 0 Å². The molecule has 2 bridgehead atoms. The van der Waals surface area contributed by atoms with E-state index in [2.05, 4.69) is 59.5 Å². The highest BCUT2D eigenvalue weighted by molar-refractivity contribution is 5.49. The summed E-state index contributed by atoms with van der Waals surface area (Å²) < 4.78 is 6.65. The molecule has 2 aromatic rings. The Hall–Kier alpha value is -1.68. The first-order valence-corrected chi connectivity index (χ1v) is 10.5. The molecule has 1 radical (unpaired) electrons. The maximum Gasteiger partial charge on any atom is 0.132 e. The number of hydrogen-bond acceptors (Lipinski definition) is 2. The summed E-state index contributed by atoms with van der Waals surface area (Å²) in [4.78, 5) is 2.52. The first-order valence-electron chi connectivity index (χ1n) is 10.5. The highest BCUT2D eigenvalue weighted by Gasteiger charge is 2.47. The molecule has 2 aromatic carbocycles. The number of para-hydroxylation sites is 1. The zero-order chi connectivity index (χ0) is 18.1. The third-order valence-electron chi connectivity index (χ3n) is 6.89. The van der Waals surface area contributed by atoms with Crippen LogP contribution in [-0.4, -0.2) is 50.8 Å². The number of morpholine rings is 1. The lowest BCUT2D eigenvalue weighted by molar-refractivity contribution is 0.0342. The average Bonchev–Trinajstić information content (AvgIpc) is 2.76. The van der Waals surface area contributed by atoms with Gasteiger partial charge in [0.2, 0.25) is 0 Å². The van der Waals surface area contributed by atoms with Gasteiger partial charge in [-0.2, -0.15) is 0 Å². The van der Waals surface area contributed by atoms with Crippen LogP contribution in [0.1, 0.15) is 24.0 Å². The number of benzene rings is 2. The summed E-state index contributed by atoms with van der Waals surface area (Å²) in [5, 5.41) is 0. The molecule has 3 heteroatoms. The molecule has 0 aliphatic carbocycles. The minimum absolute atomic E-state index is 0.785. The topological polar surface area (TPSA) is 12.5 Å². The van der Waals surface area contributed by atoms with Crippen LogP contribution in [0.5, 0.6) is 0 Å². The normalized spacial score (nSPS) is 29.1. The Bertz CT molecular complexity index is 761. The van der Waals surface area contributed by atoms with Crippen LogP contribution in [0.2, 0.25) is 0 Å².